The van der Waals surface area contributed by atoms with E-state index in [0.29, 0.717) is 22.6 Å². The summed E-state index contributed by atoms with van der Waals surface area (Å²) < 4.78 is 19.3. The molecule has 2 N–H and O–H groups in total. The molecular weight excluding hydrogens is 283 g/mol. The molecule has 0 saturated carbocycles. The molecule has 0 amide bonds. The van der Waals surface area contributed by atoms with Crippen LogP contribution >= 0.6 is 0 Å². The molecule has 1 unspecified atom stereocenters. The van der Waals surface area contributed by atoms with Gasteiger partial charge < -0.3 is 10.5 Å². The maximum Gasteiger partial charge on any atom is 0.176 e. The number of ether oxygens (including phenoxy) is 1. The maximum absolute atomic E-state index is 14.1. The van der Waals surface area contributed by atoms with Crippen molar-refractivity contribution in [2.75, 3.05) is 7.11 Å². The van der Waals surface area contributed by atoms with Crippen LogP contribution in [0.2, 0.25) is 0 Å². The number of methoxy groups -OCH3 is 1. The summed E-state index contributed by atoms with van der Waals surface area (Å²) in [5, 5.41) is 0. The van der Waals surface area contributed by atoms with Gasteiger partial charge in [-0.1, -0.05) is 24.3 Å². The maximum atomic E-state index is 14.1. The summed E-state index contributed by atoms with van der Waals surface area (Å²) >= 11 is 0. The smallest absolute Gasteiger partial charge is 0.176 e. The van der Waals surface area contributed by atoms with E-state index < -0.39 is 12.0 Å². The van der Waals surface area contributed by atoms with E-state index >= 15 is 0 Å². The van der Waals surface area contributed by atoms with Gasteiger partial charge in [-0.05, 0) is 18.2 Å². The van der Waals surface area contributed by atoms with Gasteiger partial charge in [0.05, 0.1) is 12.8 Å². The summed E-state index contributed by atoms with van der Waals surface area (Å²) in [6.07, 6.45) is -1.05. The Morgan fingerprint density at radius 1 is 1.27 bits per heavy atom. The van der Waals surface area contributed by atoms with Crippen molar-refractivity contribution in [3.05, 3.63) is 65.0 Å². The van der Waals surface area contributed by atoms with Crippen LogP contribution in [0.1, 0.15) is 16.7 Å². The number of halogens is 1. The summed E-state index contributed by atoms with van der Waals surface area (Å²) in [5.41, 5.74) is 7.98. The summed E-state index contributed by atoms with van der Waals surface area (Å²) in [5.74, 6) is -0.0675. The number of benzene rings is 2. The predicted molar refractivity (Wildman–Crippen MR) is 81.7 cm³/mol. The van der Waals surface area contributed by atoms with Crippen molar-refractivity contribution in [2.45, 2.75) is 12.6 Å². The Morgan fingerprint density at radius 3 is 2.82 bits per heavy atom. The van der Waals surface area contributed by atoms with Gasteiger partial charge in [0.25, 0.3) is 0 Å². The Balaban J connectivity index is 2.22. The number of rotatable bonds is 2. The van der Waals surface area contributed by atoms with Gasteiger partial charge >= 0.3 is 0 Å². The van der Waals surface area contributed by atoms with Crippen molar-refractivity contribution >= 4 is 11.5 Å². The number of Topliss-reactive ketones (excluding diaryl/α,β-unsaturated/α-hetero) is 1. The molecule has 0 fully saturated rings. The van der Waals surface area contributed by atoms with E-state index in [1.165, 1.54) is 6.07 Å². The highest BCUT2D eigenvalue weighted by Crippen LogP contribution is 2.24. The Bertz CT molecular complexity index is 771. The van der Waals surface area contributed by atoms with Crippen LogP contribution in [-0.4, -0.2) is 24.8 Å². The molecule has 0 bridgehead atoms. The second-order valence-corrected chi connectivity index (χ2v) is 5.06. The van der Waals surface area contributed by atoms with Crippen LogP contribution in [0.25, 0.3) is 0 Å². The summed E-state index contributed by atoms with van der Waals surface area (Å²) in [7, 11) is 1.57. The van der Waals surface area contributed by atoms with Crippen LogP contribution in [0, 0.1) is 5.82 Å². The molecule has 0 saturated heterocycles. The molecule has 1 heterocycles. The molecule has 112 valence electrons. The minimum Gasteiger partial charge on any atom is -0.497 e. The van der Waals surface area contributed by atoms with Crippen molar-refractivity contribution in [3.63, 3.8) is 0 Å². The lowest BCUT2D eigenvalue weighted by molar-refractivity contribution is -0.119. The van der Waals surface area contributed by atoms with Gasteiger partial charge in [0.15, 0.2) is 11.9 Å². The van der Waals surface area contributed by atoms with E-state index in [4.69, 9.17) is 10.5 Å². The van der Waals surface area contributed by atoms with E-state index in [0.717, 1.165) is 5.56 Å². The standard InChI is InChI=1S/C17H15FN2O2/c1-22-11-5-2-4-10(8-11)16-12-6-3-7-14(18)13(12)9-15(21)17(19)20-16/h2-8,17H,9,19H2,1H3. The minimum atomic E-state index is -0.993. The van der Waals surface area contributed by atoms with Gasteiger partial charge in [-0.15, -0.1) is 0 Å². The predicted octanol–water partition coefficient (Wildman–Crippen LogP) is 2.08. The van der Waals surface area contributed by atoms with Crippen LogP contribution in [0.15, 0.2) is 47.5 Å². The quantitative estimate of drug-likeness (QED) is 0.923. The molecule has 2 aromatic carbocycles. The largest absolute Gasteiger partial charge is 0.497 e. The van der Waals surface area contributed by atoms with Gasteiger partial charge in [-0.2, -0.15) is 0 Å². The molecule has 5 heteroatoms. The lowest BCUT2D eigenvalue weighted by Gasteiger charge is -2.11. The number of nitrogens with two attached hydrogens (primary N) is 1. The zero-order valence-corrected chi connectivity index (χ0v) is 12.0. The molecule has 2 aromatic rings. The van der Waals surface area contributed by atoms with Gasteiger partial charge in [-0.3, -0.25) is 9.79 Å². The first kappa shape index (κ1) is 14.4. The number of hydrogen-bond acceptors (Lipinski definition) is 4. The zero-order valence-electron chi connectivity index (χ0n) is 12.0. The first-order chi connectivity index (χ1) is 10.6. The number of fused-ring (bicyclic) bond motifs is 1. The van der Waals surface area contributed by atoms with Crippen molar-refractivity contribution < 1.29 is 13.9 Å². The number of ketones is 1. The number of carbonyl (C=O) groups is 1. The zero-order chi connectivity index (χ0) is 15.7. The van der Waals surface area contributed by atoms with Crippen LogP contribution in [0.4, 0.5) is 4.39 Å². The third-order valence-corrected chi connectivity index (χ3v) is 3.67. The molecule has 22 heavy (non-hydrogen) atoms. The molecule has 1 aliphatic rings. The number of carbonyl (C=O) groups excluding carboxylic acids is 1. The Hall–Kier alpha value is -2.53. The lowest BCUT2D eigenvalue weighted by atomic mass is 9.95. The molecule has 1 aliphatic heterocycles. The Kier molecular flexibility index (Phi) is 3.73. The first-order valence-corrected chi connectivity index (χ1v) is 6.88. The topological polar surface area (TPSA) is 64.7 Å². The van der Waals surface area contributed by atoms with E-state index in [9.17, 15) is 9.18 Å². The second kappa shape index (κ2) is 5.69. The average Bonchev–Trinajstić information content (AvgIpc) is 2.66. The molecule has 0 spiro atoms. The molecular formula is C17H15FN2O2. The van der Waals surface area contributed by atoms with Crippen molar-refractivity contribution in [1.29, 1.82) is 0 Å². The van der Waals surface area contributed by atoms with Crippen molar-refractivity contribution in [3.8, 4) is 5.75 Å². The lowest BCUT2D eigenvalue weighted by Crippen LogP contribution is -2.29. The molecule has 0 aliphatic carbocycles. The molecule has 0 aromatic heterocycles. The van der Waals surface area contributed by atoms with E-state index in [1.54, 1.807) is 31.4 Å². The van der Waals surface area contributed by atoms with Crippen LogP contribution in [-0.2, 0) is 11.2 Å². The van der Waals surface area contributed by atoms with Gasteiger partial charge in [0.2, 0.25) is 0 Å². The second-order valence-electron chi connectivity index (χ2n) is 5.06. The fraction of sp³-hybridized carbons (Fsp3) is 0.176. The highest BCUT2D eigenvalue weighted by Gasteiger charge is 2.25. The number of hydrogen-bond donors (Lipinski definition) is 1. The van der Waals surface area contributed by atoms with Gasteiger partial charge in [0.1, 0.15) is 11.6 Å². The first-order valence-electron chi connectivity index (χ1n) is 6.88. The SMILES string of the molecule is COc1cccc(C2=NC(N)C(=O)Cc3c(F)cccc32)c1. The fourth-order valence-electron chi connectivity index (χ4n) is 2.52. The number of nitrogens with zero attached hydrogens (tertiary/aromatic N) is 1. The Labute approximate surface area is 127 Å². The van der Waals surface area contributed by atoms with Gasteiger partial charge in [0, 0.05) is 23.1 Å². The molecule has 4 nitrogen and oxygen atoms in total. The average molecular weight is 298 g/mol. The van der Waals surface area contributed by atoms with Gasteiger partial charge in [-0.25, -0.2) is 4.39 Å². The Morgan fingerprint density at radius 2 is 2.05 bits per heavy atom. The van der Waals surface area contributed by atoms with E-state index in [2.05, 4.69) is 4.99 Å². The number of aliphatic imine (C=N–C) groups is 1. The van der Waals surface area contributed by atoms with E-state index in [-0.39, 0.29) is 12.2 Å². The summed E-state index contributed by atoms with van der Waals surface area (Å²) in [6.45, 7) is 0. The monoisotopic (exact) mass is 298 g/mol. The molecule has 0 radical (unpaired) electrons. The van der Waals surface area contributed by atoms with Crippen molar-refractivity contribution in [2.24, 2.45) is 10.7 Å². The van der Waals surface area contributed by atoms with Crippen LogP contribution < -0.4 is 10.5 Å². The third-order valence-electron chi connectivity index (χ3n) is 3.67. The third kappa shape index (κ3) is 2.51. The minimum absolute atomic E-state index is 0.0554. The normalized spacial score (nSPS) is 17.5. The summed E-state index contributed by atoms with van der Waals surface area (Å²) in [4.78, 5) is 16.3. The molecule has 3 rings (SSSR count). The highest BCUT2D eigenvalue weighted by atomic mass is 19.1. The van der Waals surface area contributed by atoms with E-state index in [1.807, 2.05) is 12.1 Å². The highest BCUT2D eigenvalue weighted by molar-refractivity contribution is 6.16. The molecule has 1 atom stereocenters. The summed E-state index contributed by atoms with van der Waals surface area (Å²) in [6, 6.07) is 11.9. The fourth-order valence-corrected chi connectivity index (χ4v) is 2.52. The van der Waals surface area contributed by atoms with Crippen LogP contribution in [0.5, 0.6) is 5.75 Å². The van der Waals surface area contributed by atoms with Crippen LogP contribution in [0.3, 0.4) is 0 Å². The van der Waals surface area contributed by atoms with Crippen molar-refractivity contribution in [1.82, 2.24) is 0 Å².